The van der Waals surface area contributed by atoms with E-state index in [9.17, 15) is 4.79 Å². The second-order valence-corrected chi connectivity index (χ2v) is 4.22. The molecule has 0 fully saturated rings. The summed E-state index contributed by atoms with van der Waals surface area (Å²) in [6.07, 6.45) is 8.90. The number of hydrogen-bond donors (Lipinski definition) is 2. The predicted molar refractivity (Wildman–Crippen MR) is 69.6 cm³/mol. The Morgan fingerprint density at radius 1 is 1.12 bits per heavy atom. The van der Waals surface area contributed by atoms with Crippen LogP contribution in [0.5, 0.6) is 0 Å². The third-order valence-corrected chi connectivity index (χ3v) is 2.72. The first-order valence-electron chi connectivity index (χ1n) is 6.40. The van der Waals surface area contributed by atoms with Crippen LogP contribution in [0.1, 0.15) is 32.1 Å². The summed E-state index contributed by atoms with van der Waals surface area (Å²) in [5, 5.41) is 2.93. The van der Waals surface area contributed by atoms with E-state index in [0.717, 1.165) is 38.8 Å². The van der Waals surface area contributed by atoms with Crippen molar-refractivity contribution in [2.45, 2.75) is 38.6 Å². The number of nitrogens with zero attached hydrogens (tertiary/aromatic N) is 1. The molecule has 0 atom stereocenters. The summed E-state index contributed by atoms with van der Waals surface area (Å²) in [6, 6.07) is 3.97. The van der Waals surface area contributed by atoms with Crippen LogP contribution in [0, 0.1) is 0 Å². The molecule has 0 radical (unpaired) electrons. The van der Waals surface area contributed by atoms with E-state index in [1.807, 2.05) is 24.5 Å². The molecule has 3 N–H and O–H groups in total. The Labute approximate surface area is 103 Å². The lowest BCUT2D eigenvalue weighted by molar-refractivity contribution is -0.121. The summed E-state index contributed by atoms with van der Waals surface area (Å²) >= 11 is 0. The minimum Gasteiger partial charge on any atom is -0.354 e. The molecule has 0 saturated heterocycles. The summed E-state index contributed by atoms with van der Waals surface area (Å²) in [5.41, 5.74) is 5.40. The minimum atomic E-state index is 0.157. The van der Waals surface area contributed by atoms with E-state index in [2.05, 4.69) is 9.88 Å². The fraction of sp³-hybridized carbons (Fsp3) is 0.615. The van der Waals surface area contributed by atoms with Crippen molar-refractivity contribution in [3.63, 3.8) is 0 Å². The van der Waals surface area contributed by atoms with Gasteiger partial charge in [0.05, 0.1) is 0 Å². The van der Waals surface area contributed by atoms with E-state index in [0.29, 0.717) is 13.0 Å². The smallest absolute Gasteiger partial charge is 0.220 e. The lowest BCUT2D eigenvalue weighted by atomic mass is 10.1. The van der Waals surface area contributed by atoms with Crippen LogP contribution in [0.3, 0.4) is 0 Å². The average Bonchev–Trinajstić information content (AvgIpc) is 2.82. The van der Waals surface area contributed by atoms with Crippen LogP contribution in [0.2, 0.25) is 0 Å². The highest BCUT2D eigenvalue weighted by molar-refractivity contribution is 5.75. The standard InChI is InChI=1S/C13H23N3O/c14-8-4-2-1-3-7-13(17)15-9-12-16-10-5-6-11-16/h5-6,10-11H,1-4,7-9,12,14H2,(H,15,17). The molecule has 4 nitrogen and oxygen atoms in total. The monoisotopic (exact) mass is 237 g/mol. The molecule has 0 aromatic carbocycles. The Balaban J connectivity index is 1.94. The molecule has 1 heterocycles. The molecule has 0 spiro atoms. The summed E-state index contributed by atoms with van der Waals surface area (Å²) in [6.45, 7) is 2.30. The Morgan fingerprint density at radius 3 is 2.53 bits per heavy atom. The highest BCUT2D eigenvalue weighted by atomic mass is 16.1. The summed E-state index contributed by atoms with van der Waals surface area (Å²) in [5.74, 6) is 0.157. The maximum Gasteiger partial charge on any atom is 0.220 e. The molecule has 1 aromatic rings. The SMILES string of the molecule is NCCCCCCC(=O)NCCn1cccc1. The normalized spacial score (nSPS) is 10.4. The molecule has 1 amide bonds. The molecule has 0 aliphatic heterocycles. The van der Waals surface area contributed by atoms with E-state index < -0.39 is 0 Å². The summed E-state index contributed by atoms with van der Waals surface area (Å²) in [4.78, 5) is 11.5. The van der Waals surface area contributed by atoms with E-state index in [1.54, 1.807) is 0 Å². The van der Waals surface area contributed by atoms with Crippen molar-refractivity contribution in [1.29, 1.82) is 0 Å². The topological polar surface area (TPSA) is 60.1 Å². The quantitative estimate of drug-likeness (QED) is 0.640. The largest absolute Gasteiger partial charge is 0.354 e. The van der Waals surface area contributed by atoms with Gasteiger partial charge in [-0.25, -0.2) is 0 Å². The molecule has 1 aromatic heterocycles. The van der Waals surface area contributed by atoms with Crippen LogP contribution in [-0.4, -0.2) is 23.6 Å². The highest BCUT2D eigenvalue weighted by Crippen LogP contribution is 2.01. The maximum atomic E-state index is 11.5. The number of unbranched alkanes of at least 4 members (excludes halogenated alkanes) is 3. The van der Waals surface area contributed by atoms with Gasteiger partial charge in [-0.3, -0.25) is 4.79 Å². The molecule has 0 aliphatic carbocycles. The molecule has 0 unspecified atom stereocenters. The van der Waals surface area contributed by atoms with Gasteiger partial charge in [0.2, 0.25) is 5.91 Å². The Hall–Kier alpha value is -1.29. The Bertz CT molecular complexity index is 296. The van der Waals surface area contributed by atoms with Gasteiger partial charge in [0, 0.05) is 31.9 Å². The van der Waals surface area contributed by atoms with E-state index in [1.165, 1.54) is 0 Å². The van der Waals surface area contributed by atoms with Crippen molar-refractivity contribution in [3.8, 4) is 0 Å². The van der Waals surface area contributed by atoms with Gasteiger partial charge < -0.3 is 15.6 Å². The van der Waals surface area contributed by atoms with Crippen molar-refractivity contribution in [3.05, 3.63) is 24.5 Å². The number of hydrogen-bond acceptors (Lipinski definition) is 2. The van der Waals surface area contributed by atoms with Gasteiger partial charge in [-0.05, 0) is 31.5 Å². The van der Waals surface area contributed by atoms with Crippen LogP contribution >= 0.6 is 0 Å². The molecule has 4 heteroatoms. The summed E-state index contributed by atoms with van der Waals surface area (Å²) < 4.78 is 2.06. The third kappa shape index (κ3) is 6.79. The van der Waals surface area contributed by atoms with Gasteiger partial charge >= 0.3 is 0 Å². The first-order valence-corrected chi connectivity index (χ1v) is 6.40. The zero-order chi connectivity index (χ0) is 12.3. The van der Waals surface area contributed by atoms with E-state index >= 15 is 0 Å². The van der Waals surface area contributed by atoms with Crippen molar-refractivity contribution in [2.24, 2.45) is 5.73 Å². The molecule has 96 valence electrons. The third-order valence-electron chi connectivity index (χ3n) is 2.72. The fourth-order valence-corrected chi connectivity index (χ4v) is 1.72. The van der Waals surface area contributed by atoms with Crippen molar-refractivity contribution >= 4 is 5.91 Å². The van der Waals surface area contributed by atoms with Gasteiger partial charge in [0.25, 0.3) is 0 Å². The first kappa shape index (κ1) is 13.8. The van der Waals surface area contributed by atoms with Crippen LogP contribution in [-0.2, 0) is 11.3 Å². The molecule has 1 rings (SSSR count). The van der Waals surface area contributed by atoms with Gasteiger partial charge in [0.1, 0.15) is 0 Å². The number of carbonyl (C=O) groups is 1. The number of nitrogens with two attached hydrogens (primary N) is 1. The zero-order valence-corrected chi connectivity index (χ0v) is 10.4. The number of rotatable bonds is 9. The molecule has 0 saturated carbocycles. The van der Waals surface area contributed by atoms with Gasteiger partial charge in [-0.15, -0.1) is 0 Å². The molecule has 0 bridgehead atoms. The lowest BCUT2D eigenvalue weighted by Gasteiger charge is -2.06. The minimum absolute atomic E-state index is 0.157. The van der Waals surface area contributed by atoms with E-state index in [-0.39, 0.29) is 5.91 Å². The maximum absolute atomic E-state index is 11.5. The Kier molecular flexibility index (Phi) is 7.14. The number of aromatic nitrogens is 1. The number of nitrogens with one attached hydrogen (secondary N) is 1. The van der Waals surface area contributed by atoms with Gasteiger partial charge in [-0.2, -0.15) is 0 Å². The first-order chi connectivity index (χ1) is 8.33. The second kappa shape index (κ2) is 8.82. The van der Waals surface area contributed by atoms with Crippen LogP contribution in [0.25, 0.3) is 0 Å². The highest BCUT2D eigenvalue weighted by Gasteiger charge is 2.00. The predicted octanol–water partition coefficient (Wildman–Crippen LogP) is 1.51. The van der Waals surface area contributed by atoms with Crippen molar-refractivity contribution in [2.75, 3.05) is 13.1 Å². The molecular weight excluding hydrogens is 214 g/mol. The molecule has 0 aliphatic rings. The van der Waals surface area contributed by atoms with Gasteiger partial charge in [0.15, 0.2) is 0 Å². The lowest BCUT2D eigenvalue weighted by Crippen LogP contribution is -2.26. The summed E-state index contributed by atoms with van der Waals surface area (Å²) in [7, 11) is 0. The molecule has 17 heavy (non-hydrogen) atoms. The van der Waals surface area contributed by atoms with Crippen molar-refractivity contribution in [1.82, 2.24) is 9.88 Å². The van der Waals surface area contributed by atoms with Crippen LogP contribution in [0.15, 0.2) is 24.5 Å². The zero-order valence-electron chi connectivity index (χ0n) is 10.4. The Morgan fingerprint density at radius 2 is 1.82 bits per heavy atom. The van der Waals surface area contributed by atoms with E-state index in [4.69, 9.17) is 5.73 Å². The van der Waals surface area contributed by atoms with Crippen LogP contribution in [0.4, 0.5) is 0 Å². The number of carbonyl (C=O) groups excluding carboxylic acids is 1. The second-order valence-electron chi connectivity index (χ2n) is 4.22. The fourth-order valence-electron chi connectivity index (χ4n) is 1.72. The molecular formula is C13H23N3O. The average molecular weight is 237 g/mol. The van der Waals surface area contributed by atoms with Crippen LogP contribution < -0.4 is 11.1 Å². The van der Waals surface area contributed by atoms with Crippen molar-refractivity contribution < 1.29 is 4.79 Å². The number of amides is 1. The van der Waals surface area contributed by atoms with Gasteiger partial charge in [-0.1, -0.05) is 12.8 Å².